The molecule has 4 aliphatic rings. The lowest BCUT2D eigenvalue weighted by atomic mass is 9.97. The van der Waals surface area contributed by atoms with Gasteiger partial charge in [0, 0.05) is 70.3 Å². The third-order valence-electron chi connectivity index (χ3n) is 15.4. The number of ketones is 1. The third-order valence-corrected chi connectivity index (χ3v) is 15.4. The molecule has 2 saturated heterocycles. The van der Waals surface area contributed by atoms with Crippen molar-refractivity contribution in [1.82, 2.24) is 25.8 Å². The van der Waals surface area contributed by atoms with Crippen LogP contribution in [0.5, 0.6) is 0 Å². The van der Waals surface area contributed by atoms with Crippen molar-refractivity contribution < 1.29 is 38.2 Å². The summed E-state index contributed by atoms with van der Waals surface area (Å²) in [6.07, 6.45) is 10.0. The summed E-state index contributed by atoms with van der Waals surface area (Å²) >= 11 is 0. The van der Waals surface area contributed by atoms with E-state index in [0.29, 0.717) is 18.4 Å². The quantitative estimate of drug-likeness (QED) is 0.0832. The number of rotatable bonds is 19. The lowest BCUT2D eigenvalue weighted by Crippen LogP contribution is -2.43. The van der Waals surface area contributed by atoms with E-state index in [2.05, 4.69) is 50.0 Å². The van der Waals surface area contributed by atoms with Crippen molar-refractivity contribution >= 4 is 29.6 Å². The zero-order chi connectivity index (χ0) is 54.6. The number of aryl methyl sites for hydroxylation is 2. The molecule has 0 bridgehead atoms. The first-order chi connectivity index (χ1) is 36.6. The predicted molar refractivity (Wildman–Crippen MR) is 300 cm³/mol. The Bertz CT molecular complexity index is 2400. The summed E-state index contributed by atoms with van der Waals surface area (Å²) in [5, 5.41) is 9.34. The highest BCUT2D eigenvalue weighted by atomic mass is 16.6. The van der Waals surface area contributed by atoms with Crippen molar-refractivity contribution in [3.8, 4) is 0 Å². The lowest BCUT2D eigenvalue weighted by molar-refractivity contribution is -0.127. The maximum absolute atomic E-state index is 13.4. The number of fused-ring (bicyclic) bond motifs is 1. The van der Waals surface area contributed by atoms with E-state index >= 15 is 0 Å². The Hall–Kier alpha value is -5.89. The monoisotopic (exact) mass is 1040 g/mol. The minimum atomic E-state index is -0.459. The smallest absolute Gasteiger partial charge is 0.408 e. The topological polar surface area (TPSA) is 156 Å². The van der Waals surface area contributed by atoms with Crippen LogP contribution in [0.1, 0.15) is 155 Å². The maximum atomic E-state index is 13.4. The molecule has 3 N–H and O–H groups in total. The molecule has 13 heteroatoms. The van der Waals surface area contributed by atoms with E-state index in [9.17, 15) is 24.0 Å². The van der Waals surface area contributed by atoms with Crippen molar-refractivity contribution in [2.75, 3.05) is 53.6 Å². The third kappa shape index (κ3) is 17.8. The van der Waals surface area contributed by atoms with Crippen LogP contribution >= 0.6 is 0 Å². The van der Waals surface area contributed by atoms with E-state index in [0.717, 1.165) is 124 Å². The van der Waals surface area contributed by atoms with E-state index in [1.807, 2.05) is 126 Å². The maximum Gasteiger partial charge on any atom is 0.408 e. The highest BCUT2D eigenvalue weighted by molar-refractivity contribution is 5.97. The Labute approximate surface area is 453 Å². The number of amides is 4. The van der Waals surface area contributed by atoms with E-state index in [1.54, 1.807) is 7.11 Å². The molecule has 3 unspecified atom stereocenters. The lowest BCUT2D eigenvalue weighted by Gasteiger charge is -2.33. The number of alkyl carbamates (subject to hydrolysis) is 1. The molecule has 6 atom stereocenters. The minimum Gasteiger partial charge on any atom is -0.444 e. The zero-order valence-electron chi connectivity index (χ0n) is 46.7. The van der Waals surface area contributed by atoms with Crippen LogP contribution in [-0.2, 0) is 28.6 Å². The van der Waals surface area contributed by atoms with Gasteiger partial charge < -0.3 is 35.1 Å². The van der Waals surface area contributed by atoms with Crippen LogP contribution in [-0.4, -0.2) is 105 Å². The van der Waals surface area contributed by atoms with Crippen molar-refractivity contribution in [3.05, 3.63) is 143 Å². The van der Waals surface area contributed by atoms with Crippen molar-refractivity contribution in [3.63, 3.8) is 0 Å². The summed E-state index contributed by atoms with van der Waals surface area (Å²) in [6, 6.07) is 35.9. The first kappa shape index (κ1) is 59.4. The fourth-order valence-electron chi connectivity index (χ4n) is 11.5. The van der Waals surface area contributed by atoms with Crippen LogP contribution in [0, 0.1) is 37.5 Å². The largest absolute Gasteiger partial charge is 0.444 e. The molecule has 8 rings (SSSR count). The van der Waals surface area contributed by atoms with E-state index < -0.39 is 5.60 Å². The van der Waals surface area contributed by atoms with Gasteiger partial charge in [0.05, 0.1) is 24.7 Å². The highest BCUT2D eigenvalue weighted by Gasteiger charge is 2.44. The summed E-state index contributed by atoms with van der Waals surface area (Å²) in [4.78, 5) is 67.0. The number of carbonyl (C=O) groups is 5. The number of hydrogen-bond donors (Lipinski definition) is 3. The highest BCUT2D eigenvalue weighted by Crippen LogP contribution is 2.36. The molecule has 4 aromatic carbocycles. The van der Waals surface area contributed by atoms with Crippen molar-refractivity contribution in [1.29, 1.82) is 0 Å². The molecular formula is C63H87N5O8. The number of nitrogens with zero attached hydrogens (tertiary/aromatic N) is 2. The number of hydrogen-bond acceptors (Lipinski definition) is 9. The molecule has 412 valence electrons. The second-order valence-electron chi connectivity index (χ2n) is 22.4. The van der Waals surface area contributed by atoms with Gasteiger partial charge in [-0.2, -0.15) is 0 Å². The van der Waals surface area contributed by atoms with Gasteiger partial charge in [0.1, 0.15) is 12.2 Å². The Morgan fingerprint density at radius 3 is 1.50 bits per heavy atom. The molecule has 0 aromatic heterocycles. The van der Waals surface area contributed by atoms with E-state index in [-0.39, 0.29) is 78.6 Å². The summed E-state index contributed by atoms with van der Waals surface area (Å²) in [6.45, 7) is 15.9. The summed E-state index contributed by atoms with van der Waals surface area (Å²) < 4.78 is 15.8. The SMILES string of the molecule is CC[C@H](NC(=O)OC(C)(C)C)c1ccccc1.COCC(=O)C[C@H](NC(=O)C1CCCC1)c1ccccc1.COCC(C[C@H](NC(=O)C1CCCC1)c1ccccc1)N1CC2CN(C(=O)c3c(C)cccc3C)CC2C1. The molecule has 2 aliphatic carbocycles. The number of nitrogens with one attached hydrogen (secondary N) is 3. The fourth-order valence-corrected chi connectivity index (χ4v) is 11.5. The summed E-state index contributed by atoms with van der Waals surface area (Å²) in [5.74, 6) is 1.66. The molecule has 2 aliphatic heterocycles. The Kier molecular flexibility index (Phi) is 23.1. The number of benzene rings is 4. The molecule has 4 aromatic rings. The molecule has 0 spiro atoms. The van der Waals surface area contributed by atoms with Crippen LogP contribution in [0.4, 0.5) is 4.79 Å². The summed E-state index contributed by atoms with van der Waals surface area (Å²) in [5.41, 5.74) is 5.74. The first-order valence-corrected chi connectivity index (χ1v) is 27.9. The average Bonchev–Trinajstić information content (AvgIpc) is 4.27. The number of ether oxygens (including phenoxy) is 3. The first-order valence-electron chi connectivity index (χ1n) is 27.9. The molecule has 13 nitrogen and oxygen atoms in total. The van der Waals surface area contributed by atoms with E-state index in [1.165, 1.54) is 7.11 Å². The molecule has 2 saturated carbocycles. The van der Waals surface area contributed by atoms with Crippen LogP contribution in [0.15, 0.2) is 109 Å². The second-order valence-corrected chi connectivity index (χ2v) is 22.4. The van der Waals surface area contributed by atoms with Gasteiger partial charge in [-0.05, 0) is 113 Å². The van der Waals surface area contributed by atoms with Gasteiger partial charge in [0.2, 0.25) is 11.8 Å². The van der Waals surface area contributed by atoms with Gasteiger partial charge in [0.25, 0.3) is 5.91 Å². The zero-order valence-corrected chi connectivity index (χ0v) is 46.7. The summed E-state index contributed by atoms with van der Waals surface area (Å²) in [7, 11) is 3.27. The molecule has 4 fully saturated rings. The Morgan fingerprint density at radius 1 is 0.592 bits per heavy atom. The molecular weight excluding hydrogens is 955 g/mol. The Balaban J connectivity index is 0.000000208. The van der Waals surface area contributed by atoms with Crippen molar-refractivity contribution in [2.24, 2.45) is 23.7 Å². The standard InChI is InChI=1S/C32H43N3O3.C17H23NO3.C14H21NO2/c1-22-10-9-11-23(2)30(22)32(37)35-19-26-17-34(18-27(26)20-35)28(21-38-3)16-29(24-12-5-4-6-13-24)33-31(36)25-14-7-8-15-25;1-21-12-15(19)11-16(13-7-3-2-4-8-13)18-17(20)14-9-5-6-10-14;1-5-12(11-9-7-6-8-10-11)15-13(16)17-14(2,3)4/h4-6,9-13,25-29H,7-8,14-21H2,1-3H3,(H,33,36);2-4,7-8,14,16H,5-6,9-12H2,1H3,(H,18,20);6-10,12H,5H2,1-4H3,(H,15,16)/t26?,27?,28?,29-;16-;12-/m000/s1. The van der Waals surface area contributed by atoms with Crippen LogP contribution < -0.4 is 16.0 Å². The molecule has 0 radical (unpaired) electrons. The second kappa shape index (κ2) is 29.6. The normalized spacial score (nSPS) is 19.2. The number of Topliss-reactive ketones (excluding diaryl/α,β-unsaturated/α-hetero) is 1. The predicted octanol–water partition coefficient (Wildman–Crippen LogP) is 11.1. The molecule has 76 heavy (non-hydrogen) atoms. The molecule has 4 amide bonds. The fraction of sp³-hybridized carbons (Fsp3) is 0.540. The van der Waals surface area contributed by atoms with Crippen LogP contribution in [0.2, 0.25) is 0 Å². The number of carbonyl (C=O) groups excluding carboxylic acids is 5. The van der Waals surface area contributed by atoms with Gasteiger partial charge in [-0.1, -0.05) is 142 Å². The van der Waals surface area contributed by atoms with Crippen LogP contribution in [0.25, 0.3) is 0 Å². The van der Waals surface area contributed by atoms with Gasteiger partial charge in [0.15, 0.2) is 5.78 Å². The average molecular weight is 1040 g/mol. The van der Waals surface area contributed by atoms with Gasteiger partial charge >= 0.3 is 6.09 Å². The number of likely N-dealkylation sites (tertiary alicyclic amines) is 2. The van der Waals surface area contributed by atoms with Gasteiger partial charge in [-0.3, -0.25) is 24.1 Å². The number of methoxy groups -OCH3 is 2. The van der Waals surface area contributed by atoms with Gasteiger partial charge in [-0.15, -0.1) is 0 Å². The van der Waals surface area contributed by atoms with E-state index in [4.69, 9.17) is 14.2 Å². The van der Waals surface area contributed by atoms with Crippen molar-refractivity contribution in [2.45, 2.75) is 142 Å². The van der Waals surface area contributed by atoms with Crippen LogP contribution in [0.3, 0.4) is 0 Å². The molecule has 2 heterocycles. The Morgan fingerprint density at radius 2 is 1.05 bits per heavy atom. The van der Waals surface area contributed by atoms with Gasteiger partial charge in [-0.25, -0.2) is 4.79 Å². The minimum absolute atomic E-state index is 0.00178.